The van der Waals surface area contributed by atoms with E-state index in [1.54, 1.807) is 0 Å². The Morgan fingerprint density at radius 3 is 2.55 bits per heavy atom. The van der Waals surface area contributed by atoms with Gasteiger partial charge in [0.15, 0.2) is 0 Å². The molecule has 0 radical (unpaired) electrons. The van der Waals surface area contributed by atoms with Crippen molar-refractivity contribution in [3.8, 4) is 0 Å². The van der Waals surface area contributed by atoms with E-state index in [0.717, 1.165) is 25.9 Å². The first kappa shape index (κ1) is 16.5. The smallest absolute Gasteiger partial charge is 0.317 e. The summed E-state index contributed by atoms with van der Waals surface area (Å²) in [6.07, 6.45) is 5.13. The number of nitrogens with zero attached hydrogens (tertiary/aromatic N) is 2. The highest BCUT2D eigenvalue weighted by Crippen LogP contribution is 2.23. The average Bonchev–Trinajstić information content (AvgIpc) is 3.08. The van der Waals surface area contributed by atoms with Crippen molar-refractivity contribution in [1.29, 1.82) is 0 Å². The van der Waals surface area contributed by atoms with Crippen LogP contribution in [0.15, 0.2) is 12.2 Å². The first-order chi connectivity index (χ1) is 10.5. The lowest BCUT2D eigenvalue weighted by molar-refractivity contribution is -0.136. The molecule has 2 aliphatic heterocycles. The Balaban J connectivity index is 1.58. The molecule has 0 spiro atoms. The SMILES string of the molecule is CC(C)C1CCN(C(=O)NCCCCN2C(=O)C=CC2=O)C1. The second-order valence-corrected chi connectivity index (χ2v) is 6.34. The maximum atomic E-state index is 12.0. The van der Waals surface area contributed by atoms with E-state index in [9.17, 15) is 14.4 Å². The summed E-state index contributed by atoms with van der Waals surface area (Å²) in [6, 6.07) is -0.00172. The Kier molecular flexibility index (Phi) is 5.57. The highest BCUT2D eigenvalue weighted by molar-refractivity contribution is 6.12. The predicted octanol–water partition coefficient (Wildman–Crippen LogP) is 1.38. The quantitative estimate of drug-likeness (QED) is 0.595. The number of hydrogen-bond donors (Lipinski definition) is 1. The molecule has 0 aromatic heterocycles. The van der Waals surface area contributed by atoms with E-state index < -0.39 is 0 Å². The molecule has 2 rings (SSSR count). The molecule has 4 amide bonds. The van der Waals surface area contributed by atoms with Crippen LogP contribution < -0.4 is 5.32 Å². The van der Waals surface area contributed by atoms with Gasteiger partial charge >= 0.3 is 6.03 Å². The Labute approximate surface area is 131 Å². The monoisotopic (exact) mass is 307 g/mol. The molecule has 0 aliphatic carbocycles. The normalized spacial score (nSPS) is 21.3. The summed E-state index contributed by atoms with van der Waals surface area (Å²) in [5, 5.41) is 2.91. The van der Waals surface area contributed by atoms with Gasteiger partial charge in [-0.1, -0.05) is 13.8 Å². The van der Waals surface area contributed by atoms with E-state index in [-0.39, 0.29) is 17.8 Å². The van der Waals surface area contributed by atoms with Gasteiger partial charge in [-0.15, -0.1) is 0 Å². The molecule has 0 aromatic rings. The molecule has 2 heterocycles. The Bertz CT molecular complexity index is 455. The van der Waals surface area contributed by atoms with Gasteiger partial charge in [0, 0.05) is 38.3 Å². The molecule has 6 heteroatoms. The van der Waals surface area contributed by atoms with E-state index in [1.807, 2.05) is 4.90 Å². The van der Waals surface area contributed by atoms with Gasteiger partial charge in [-0.25, -0.2) is 4.79 Å². The summed E-state index contributed by atoms with van der Waals surface area (Å²) in [6.45, 7) is 7.05. The van der Waals surface area contributed by atoms with Crippen molar-refractivity contribution in [3.05, 3.63) is 12.2 Å². The first-order valence-corrected chi connectivity index (χ1v) is 8.05. The summed E-state index contributed by atoms with van der Waals surface area (Å²) in [5.41, 5.74) is 0. The molecule has 1 saturated heterocycles. The minimum Gasteiger partial charge on any atom is -0.338 e. The van der Waals surface area contributed by atoms with Crippen LogP contribution in [-0.2, 0) is 9.59 Å². The van der Waals surface area contributed by atoms with Gasteiger partial charge in [0.05, 0.1) is 0 Å². The van der Waals surface area contributed by atoms with Gasteiger partial charge in [0.2, 0.25) is 0 Å². The molecule has 0 bridgehead atoms. The Morgan fingerprint density at radius 1 is 1.27 bits per heavy atom. The molecule has 22 heavy (non-hydrogen) atoms. The maximum Gasteiger partial charge on any atom is 0.317 e. The van der Waals surface area contributed by atoms with Gasteiger partial charge in [0.1, 0.15) is 0 Å². The zero-order valence-electron chi connectivity index (χ0n) is 13.4. The average molecular weight is 307 g/mol. The number of rotatable bonds is 6. The summed E-state index contributed by atoms with van der Waals surface area (Å²) in [7, 11) is 0. The predicted molar refractivity (Wildman–Crippen MR) is 83.0 cm³/mol. The molecule has 2 aliphatic rings. The van der Waals surface area contributed by atoms with Crippen LogP contribution >= 0.6 is 0 Å². The van der Waals surface area contributed by atoms with Gasteiger partial charge in [-0.05, 0) is 31.1 Å². The summed E-state index contributed by atoms with van der Waals surface area (Å²) in [5.74, 6) is 0.726. The molecule has 6 nitrogen and oxygen atoms in total. The molecule has 1 N–H and O–H groups in total. The van der Waals surface area contributed by atoms with Crippen LogP contribution in [0.4, 0.5) is 4.79 Å². The van der Waals surface area contributed by atoms with E-state index in [4.69, 9.17) is 0 Å². The van der Waals surface area contributed by atoms with Gasteiger partial charge in [-0.2, -0.15) is 0 Å². The van der Waals surface area contributed by atoms with Crippen LogP contribution in [0.1, 0.15) is 33.1 Å². The fraction of sp³-hybridized carbons (Fsp3) is 0.688. The van der Waals surface area contributed by atoms with Gasteiger partial charge < -0.3 is 10.2 Å². The van der Waals surface area contributed by atoms with Crippen molar-refractivity contribution in [2.45, 2.75) is 33.1 Å². The highest BCUT2D eigenvalue weighted by atomic mass is 16.2. The number of nitrogens with one attached hydrogen (secondary N) is 1. The lowest BCUT2D eigenvalue weighted by Gasteiger charge is -2.19. The van der Waals surface area contributed by atoms with Crippen molar-refractivity contribution >= 4 is 17.8 Å². The topological polar surface area (TPSA) is 69.7 Å². The molecular weight excluding hydrogens is 282 g/mol. The van der Waals surface area contributed by atoms with Crippen LogP contribution in [0.3, 0.4) is 0 Å². The first-order valence-electron chi connectivity index (χ1n) is 8.05. The molecule has 0 saturated carbocycles. The maximum absolute atomic E-state index is 12.0. The number of carbonyl (C=O) groups is 3. The van der Waals surface area contributed by atoms with Crippen molar-refractivity contribution < 1.29 is 14.4 Å². The van der Waals surface area contributed by atoms with E-state index >= 15 is 0 Å². The highest BCUT2D eigenvalue weighted by Gasteiger charge is 2.27. The Morgan fingerprint density at radius 2 is 1.95 bits per heavy atom. The van der Waals surface area contributed by atoms with Crippen LogP contribution in [-0.4, -0.2) is 53.8 Å². The number of likely N-dealkylation sites (tertiary alicyclic amines) is 1. The lowest BCUT2D eigenvalue weighted by atomic mass is 9.95. The van der Waals surface area contributed by atoms with Gasteiger partial charge in [-0.3, -0.25) is 14.5 Å². The van der Waals surface area contributed by atoms with Crippen LogP contribution in [0, 0.1) is 11.8 Å². The van der Waals surface area contributed by atoms with Crippen molar-refractivity contribution in [2.75, 3.05) is 26.2 Å². The molecule has 1 unspecified atom stereocenters. The lowest BCUT2D eigenvalue weighted by Crippen LogP contribution is -2.39. The summed E-state index contributed by atoms with van der Waals surface area (Å²) < 4.78 is 0. The van der Waals surface area contributed by atoms with E-state index in [2.05, 4.69) is 19.2 Å². The largest absolute Gasteiger partial charge is 0.338 e. The number of amides is 4. The number of carbonyl (C=O) groups excluding carboxylic acids is 3. The van der Waals surface area contributed by atoms with Crippen LogP contribution in [0.2, 0.25) is 0 Å². The van der Waals surface area contributed by atoms with Crippen molar-refractivity contribution in [3.63, 3.8) is 0 Å². The second kappa shape index (κ2) is 7.42. The van der Waals surface area contributed by atoms with Crippen LogP contribution in [0.25, 0.3) is 0 Å². The standard InChI is InChI=1S/C16H25N3O3/c1-12(2)13-7-10-18(11-13)16(22)17-8-3-4-9-19-14(20)5-6-15(19)21/h5-6,12-13H,3-4,7-11H2,1-2H3,(H,17,22). The molecule has 1 atom stereocenters. The summed E-state index contributed by atoms with van der Waals surface area (Å²) in [4.78, 5) is 37.8. The Hall–Kier alpha value is -1.85. The molecule has 0 aromatic carbocycles. The van der Waals surface area contributed by atoms with Gasteiger partial charge in [0.25, 0.3) is 11.8 Å². The third-order valence-electron chi connectivity index (χ3n) is 4.44. The molecule has 1 fully saturated rings. The number of imide groups is 1. The fourth-order valence-electron chi connectivity index (χ4n) is 2.87. The zero-order chi connectivity index (χ0) is 16.1. The molecule has 122 valence electrons. The summed E-state index contributed by atoms with van der Waals surface area (Å²) >= 11 is 0. The third kappa shape index (κ3) is 4.08. The molecular formula is C16H25N3O3. The van der Waals surface area contributed by atoms with Crippen LogP contribution in [0.5, 0.6) is 0 Å². The van der Waals surface area contributed by atoms with Crippen molar-refractivity contribution in [2.24, 2.45) is 11.8 Å². The van der Waals surface area contributed by atoms with E-state index in [0.29, 0.717) is 31.3 Å². The van der Waals surface area contributed by atoms with E-state index in [1.165, 1.54) is 17.1 Å². The number of hydrogen-bond acceptors (Lipinski definition) is 3. The second-order valence-electron chi connectivity index (χ2n) is 6.34. The minimum atomic E-state index is -0.245. The third-order valence-corrected chi connectivity index (χ3v) is 4.44. The zero-order valence-corrected chi connectivity index (χ0v) is 13.4. The number of urea groups is 1. The van der Waals surface area contributed by atoms with Crippen molar-refractivity contribution in [1.82, 2.24) is 15.1 Å². The number of unbranched alkanes of at least 4 members (excludes halogenated alkanes) is 1. The fourth-order valence-corrected chi connectivity index (χ4v) is 2.87. The minimum absolute atomic E-state index is 0.00172.